The Bertz CT molecular complexity index is 393. The second kappa shape index (κ2) is 8.96. The number of nitrogens with zero attached hydrogens (tertiary/aromatic N) is 1. The summed E-state index contributed by atoms with van der Waals surface area (Å²) in [5.74, 6) is 0.478. The first kappa shape index (κ1) is 17.0. The van der Waals surface area contributed by atoms with Crippen molar-refractivity contribution in [2.24, 2.45) is 5.92 Å². The van der Waals surface area contributed by atoms with Gasteiger partial charge in [0.2, 0.25) is 0 Å². The van der Waals surface area contributed by atoms with Crippen LogP contribution in [0.5, 0.6) is 0 Å². The van der Waals surface area contributed by atoms with Gasteiger partial charge >= 0.3 is 0 Å². The van der Waals surface area contributed by atoms with Crippen molar-refractivity contribution >= 4 is 5.69 Å². The van der Waals surface area contributed by atoms with E-state index in [2.05, 4.69) is 37.9 Å². The third-order valence-electron chi connectivity index (χ3n) is 3.72. The molecule has 3 heteroatoms. The highest BCUT2D eigenvalue weighted by molar-refractivity contribution is 5.49. The zero-order valence-electron chi connectivity index (χ0n) is 13.4. The van der Waals surface area contributed by atoms with E-state index in [1.807, 2.05) is 12.1 Å². The second-order valence-electron chi connectivity index (χ2n) is 5.51. The molecule has 1 aromatic rings. The first-order valence-corrected chi connectivity index (χ1v) is 7.86. The summed E-state index contributed by atoms with van der Waals surface area (Å²) in [6.07, 6.45) is 2.22. The second-order valence-corrected chi connectivity index (χ2v) is 5.51. The minimum Gasteiger partial charge on any atom is -0.369 e. The molecule has 1 atom stereocenters. The van der Waals surface area contributed by atoms with Gasteiger partial charge in [-0.05, 0) is 43.5 Å². The molecule has 0 heterocycles. The van der Waals surface area contributed by atoms with Crippen molar-refractivity contribution in [1.82, 2.24) is 5.32 Å². The van der Waals surface area contributed by atoms with Crippen molar-refractivity contribution in [2.45, 2.75) is 47.1 Å². The maximum Gasteiger partial charge on any atom is 0.146 e. The quantitative estimate of drug-likeness (QED) is 0.682. The Morgan fingerprint density at radius 2 is 2.00 bits per heavy atom. The minimum absolute atomic E-state index is 0.106. The highest BCUT2D eigenvalue weighted by Gasteiger charge is 2.13. The molecule has 0 bridgehead atoms. The van der Waals surface area contributed by atoms with Crippen molar-refractivity contribution in [3.05, 3.63) is 29.6 Å². The molecule has 0 radical (unpaired) electrons. The number of hydrogen-bond acceptors (Lipinski definition) is 2. The summed E-state index contributed by atoms with van der Waals surface area (Å²) in [7, 11) is 0. The average molecular weight is 280 g/mol. The molecule has 0 saturated heterocycles. The van der Waals surface area contributed by atoms with E-state index in [-0.39, 0.29) is 5.82 Å². The number of hydrogen-bond donors (Lipinski definition) is 1. The van der Waals surface area contributed by atoms with Crippen LogP contribution in [-0.4, -0.2) is 19.6 Å². The van der Waals surface area contributed by atoms with Gasteiger partial charge in [0.05, 0.1) is 5.69 Å². The number of rotatable bonds is 9. The first-order chi connectivity index (χ1) is 9.62. The van der Waals surface area contributed by atoms with Crippen LogP contribution in [0, 0.1) is 11.7 Å². The predicted molar refractivity (Wildman–Crippen MR) is 85.7 cm³/mol. The molecule has 2 nitrogen and oxygen atoms in total. The molecule has 0 aliphatic carbocycles. The number of halogens is 1. The Balaban J connectivity index is 2.74. The third-order valence-corrected chi connectivity index (χ3v) is 3.72. The minimum atomic E-state index is -0.106. The van der Waals surface area contributed by atoms with Gasteiger partial charge in [-0.2, -0.15) is 0 Å². The van der Waals surface area contributed by atoms with E-state index in [9.17, 15) is 4.39 Å². The Hall–Kier alpha value is -1.09. The topological polar surface area (TPSA) is 15.3 Å². The van der Waals surface area contributed by atoms with Crippen LogP contribution in [0.1, 0.15) is 46.1 Å². The van der Waals surface area contributed by atoms with Gasteiger partial charge in [-0.3, -0.25) is 0 Å². The SMILES string of the molecule is CCCNCc1ccc(N(CC)CC(C)CC)c(F)c1. The zero-order chi connectivity index (χ0) is 15.0. The molecule has 0 aliphatic heterocycles. The summed E-state index contributed by atoms with van der Waals surface area (Å²) >= 11 is 0. The standard InChI is InChI=1S/C17H29FN2/c1-5-10-19-12-15-8-9-17(16(18)11-15)20(7-3)13-14(4)6-2/h8-9,11,14,19H,5-7,10,12-13H2,1-4H3. The molecule has 114 valence electrons. The van der Waals surface area contributed by atoms with E-state index in [1.54, 1.807) is 6.07 Å². The third kappa shape index (κ3) is 5.12. The van der Waals surface area contributed by atoms with E-state index in [4.69, 9.17) is 0 Å². The van der Waals surface area contributed by atoms with Crippen molar-refractivity contribution in [2.75, 3.05) is 24.5 Å². The summed E-state index contributed by atoms with van der Waals surface area (Å²) in [4.78, 5) is 2.13. The lowest BCUT2D eigenvalue weighted by Crippen LogP contribution is -2.29. The number of anilines is 1. The molecule has 0 saturated carbocycles. The van der Waals surface area contributed by atoms with Gasteiger partial charge in [0.15, 0.2) is 0 Å². The van der Waals surface area contributed by atoms with Gasteiger partial charge in [0, 0.05) is 19.6 Å². The summed E-state index contributed by atoms with van der Waals surface area (Å²) in [5, 5.41) is 3.30. The Morgan fingerprint density at radius 1 is 1.25 bits per heavy atom. The fourth-order valence-electron chi connectivity index (χ4n) is 2.23. The van der Waals surface area contributed by atoms with E-state index in [1.165, 1.54) is 0 Å². The Morgan fingerprint density at radius 3 is 2.55 bits per heavy atom. The van der Waals surface area contributed by atoms with Gasteiger partial charge in [0.25, 0.3) is 0 Å². The maximum atomic E-state index is 14.3. The zero-order valence-corrected chi connectivity index (χ0v) is 13.4. The van der Waals surface area contributed by atoms with Crippen LogP contribution in [0.4, 0.5) is 10.1 Å². The van der Waals surface area contributed by atoms with Crippen LogP contribution in [-0.2, 0) is 6.54 Å². The molecule has 1 aromatic carbocycles. The van der Waals surface area contributed by atoms with Crippen molar-refractivity contribution in [1.29, 1.82) is 0 Å². The van der Waals surface area contributed by atoms with Gasteiger partial charge < -0.3 is 10.2 Å². The maximum absolute atomic E-state index is 14.3. The van der Waals surface area contributed by atoms with E-state index < -0.39 is 0 Å². The van der Waals surface area contributed by atoms with Gasteiger partial charge in [-0.15, -0.1) is 0 Å². The summed E-state index contributed by atoms with van der Waals surface area (Å²) < 4.78 is 14.3. The van der Waals surface area contributed by atoms with Crippen LogP contribution >= 0.6 is 0 Å². The van der Waals surface area contributed by atoms with Gasteiger partial charge in [-0.25, -0.2) is 4.39 Å². The van der Waals surface area contributed by atoms with Crippen molar-refractivity contribution in [3.8, 4) is 0 Å². The summed E-state index contributed by atoms with van der Waals surface area (Å²) in [6.45, 7) is 12.1. The highest BCUT2D eigenvalue weighted by Crippen LogP contribution is 2.22. The van der Waals surface area contributed by atoms with Gasteiger partial charge in [0.1, 0.15) is 5.82 Å². The monoisotopic (exact) mass is 280 g/mol. The number of benzene rings is 1. The van der Waals surface area contributed by atoms with Gasteiger partial charge in [-0.1, -0.05) is 33.3 Å². The summed E-state index contributed by atoms with van der Waals surface area (Å²) in [6, 6.07) is 5.61. The van der Waals surface area contributed by atoms with Crippen LogP contribution in [0.25, 0.3) is 0 Å². The molecule has 0 spiro atoms. The molecule has 1 unspecified atom stereocenters. The van der Waals surface area contributed by atoms with E-state index in [0.29, 0.717) is 5.92 Å². The largest absolute Gasteiger partial charge is 0.369 e. The van der Waals surface area contributed by atoms with Crippen molar-refractivity contribution in [3.63, 3.8) is 0 Å². The normalized spacial score (nSPS) is 12.4. The Kier molecular flexibility index (Phi) is 7.60. The molecular formula is C17H29FN2. The number of nitrogens with one attached hydrogen (secondary N) is 1. The van der Waals surface area contributed by atoms with E-state index in [0.717, 1.165) is 50.3 Å². The predicted octanol–water partition coefficient (Wildman–Crippen LogP) is 4.20. The lowest BCUT2D eigenvalue weighted by molar-refractivity contribution is 0.537. The molecule has 0 aromatic heterocycles. The highest BCUT2D eigenvalue weighted by atomic mass is 19.1. The molecule has 0 fully saturated rings. The van der Waals surface area contributed by atoms with Crippen LogP contribution in [0.15, 0.2) is 18.2 Å². The van der Waals surface area contributed by atoms with Crippen LogP contribution in [0.3, 0.4) is 0 Å². The molecule has 0 aliphatic rings. The first-order valence-electron chi connectivity index (χ1n) is 7.86. The van der Waals surface area contributed by atoms with Crippen molar-refractivity contribution < 1.29 is 4.39 Å². The molecule has 1 rings (SSSR count). The Labute approximate surface area is 123 Å². The fraction of sp³-hybridized carbons (Fsp3) is 0.647. The van der Waals surface area contributed by atoms with E-state index >= 15 is 0 Å². The molecular weight excluding hydrogens is 251 g/mol. The fourth-order valence-corrected chi connectivity index (χ4v) is 2.23. The van der Waals surface area contributed by atoms with Crippen LogP contribution in [0.2, 0.25) is 0 Å². The molecule has 1 N–H and O–H groups in total. The molecule has 0 amide bonds. The lowest BCUT2D eigenvalue weighted by atomic mass is 10.1. The average Bonchev–Trinajstić information content (AvgIpc) is 2.45. The van der Waals surface area contributed by atoms with Crippen LogP contribution < -0.4 is 10.2 Å². The molecule has 20 heavy (non-hydrogen) atoms. The lowest BCUT2D eigenvalue weighted by Gasteiger charge is -2.26. The summed E-state index contributed by atoms with van der Waals surface area (Å²) in [5.41, 5.74) is 1.74. The smallest absolute Gasteiger partial charge is 0.146 e.